The molecule has 1 fully saturated rings. The smallest absolute Gasteiger partial charge is 0.311 e. The first-order valence-corrected chi connectivity index (χ1v) is 10.9. The van der Waals surface area contributed by atoms with Crippen LogP contribution in [0.3, 0.4) is 0 Å². The number of aryl methyl sites for hydroxylation is 1. The average molecular weight is 463 g/mol. The molecule has 0 radical (unpaired) electrons. The number of anilines is 2. The van der Waals surface area contributed by atoms with Crippen LogP contribution in [0.15, 0.2) is 42.5 Å². The largest absolute Gasteiger partial charge is 0.455 e. The summed E-state index contributed by atoms with van der Waals surface area (Å²) >= 11 is 11.8. The Hall–Kier alpha value is -2.57. The fraction of sp³-hybridized carbons (Fsp3) is 0.348. The Morgan fingerprint density at radius 2 is 1.87 bits per heavy atom. The summed E-state index contributed by atoms with van der Waals surface area (Å²) in [4.78, 5) is 38.4. The minimum Gasteiger partial charge on any atom is -0.455 e. The Balaban J connectivity index is 1.50. The van der Waals surface area contributed by atoms with Crippen LogP contribution in [0.4, 0.5) is 11.4 Å². The number of amides is 2. The molecule has 2 amide bonds. The van der Waals surface area contributed by atoms with Gasteiger partial charge in [-0.05, 0) is 48.7 Å². The van der Waals surface area contributed by atoms with Crippen LogP contribution in [-0.2, 0) is 25.5 Å². The van der Waals surface area contributed by atoms with Gasteiger partial charge in [-0.25, -0.2) is 0 Å². The molecule has 0 saturated carbocycles. The normalized spacial score (nSPS) is 15.8. The standard InChI is InChI=1S/C23H24Cl2N2O4/c1-2-3-4-15-5-8-18(9-6-15)27-13-16(11-22(27)29)23(30)31-14-21(28)26-17-7-10-19(24)20(25)12-17/h5-10,12,16H,2-4,11,13-14H2,1H3,(H,26,28)/t16-/m1/s1. The fourth-order valence-electron chi connectivity index (χ4n) is 3.36. The maximum absolute atomic E-state index is 12.4. The predicted octanol–water partition coefficient (Wildman–Crippen LogP) is 4.87. The van der Waals surface area contributed by atoms with Crippen molar-refractivity contribution in [3.8, 4) is 0 Å². The van der Waals surface area contributed by atoms with Crippen molar-refractivity contribution in [2.24, 2.45) is 5.92 Å². The summed E-state index contributed by atoms with van der Waals surface area (Å²) in [6.07, 6.45) is 3.31. The van der Waals surface area contributed by atoms with E-state index in [4.69, 9.17) is 27.9 Å². The summed E-state index contributed by atoms with van der Waals surface area (Å²) in [6, 6.07) is 12.5. The molecular weight excluding hydrogens is 439 g/mol. The highest BCUT2D eigenvalue weighted by Gasteiger charge is 2.36. The third-order valence-corrected chi connectivity index (χ3v) is 5.81. The van der Waals surface area contributed by atoms with Crippen molar-refractivity contribution in [1.29, 1.82) is 0 Å². The predicted molar refractivity (Wildman–Crippen MR) is 122 cm³/mol. The summed E-state index contributed by atoms with van der Waals surface area (Å²) in [6.45, 7) is 1.93. The number of benzene rings is 2. The molecule has 8 heteroatoms. The molecule has 1 atom stereocenters. The van der Waals surface area contributed by atoms with Crippen molar-refractivity contribution in [2.75, 3.05) is 23.4 Å². The van der Waals surface area contributed by atoms with Crippen molar-refractivity contribution in [1.82, 2.24) is 0 Å². The zero-order valence-corrected chi connectivity index (χ0v) is 18.7. The number of ether oxygens (including phenoxy) is 1. The van der Waals surface area contributed by atoms with Gasteiger partial charge in [0, 0.05) is 24.3 Å². The van der Waals surface area contributed by atoms with Gasteiger partial charge in [-0.2, -0.15) is 0 Å². The number of nitrogens with zero attached hydrogens (tertiary/aromatic N) is 1. The topological polar surface area (TPSA) is 75.7 Å². The Morgan fingerprint density at radius 3 is 2.55 bits per heavy atom. The summed E-state index contributed by atoms with van der Waals surface area (Å²) in [5.74, 6) is -1.82. The molecule has 1 aliphatic heterocycles. The summed E-state index contributed by atoms with van der Waals surface area (Å²) in [7, 11) is 0. The Kier molecular flexibility index (Phi) is 7.93. The van der Waals surface area contributed by atoms with Crippen LogP contribution in [0.1, 0.15) is 31.7 Å². The molecule has 0 spiro atoms. The van der Waals surface area contributed by atoms with E-state index in [0.29, 0.717) is 15.7 Å². The second-order valence-corrected chi connectivity index (χ2v) is 8.27. The van der Waals surface area contributed by atoms with Crippen molar-refractivity contribution in [3.05, 3.63) is 58.1 Å². The maximum Gasteiger partial charge on any atom is 0.311 e. The van der Waals surface area contributed by atoms with E-state index >= 15 is 0 Å². The van der Waals surface area contributed by atoms with Gasteiger partial charge in [-0.1, -0.05) is 48.7 Å². The highest BCUT2D eigenvalue weighted by atomic mass is 35.5. The van der Waals surface area contributed by atoms with Gasteiger partial charge in [0.05, 0.1) is 16.0 Å². The van der Waals surface area contributed by atoms with Crippen LogP contribution in [-0.4, -0.2) is 30.9 Å². The SMILES string of the molecule is CCCCc1ccc(N2C[C@H](C(=O)OCC(=O)Nc3ccc(Cl)c(Cl)c3)CC2=O)cc1. The quantitative estimate of drug-likeness (QED) is 0.567. The highest BCUT2D eigenvalue weighted by molar-refractivity contribution is 6.42. The Bertz CT molecular complexity index is 963. The van der Waals surface area contributed by atoms with Crippen LogP contribution in [0.25, 0.3) is 0 Å². The lowest BCUT2D eigenvalue weighted by atomic mass is 10.1. The first-order chi connectivity index (χ1) is 14.9. The molecule has 0 aliphatic carbocycles. The molecule has 1 aliphatic rings. The van der Waals surface area contributed by atoms with E-state index in [0.717, 1.165) is 24.9 Å². The third kappa shape index (κ3) is 6.21. The molecule has 1 N–H and O–H groups in total. The average Bonchev–Trinajstić information content (AvgIpc) is 3.15. The number of hydrogen-bond donors (Lipinski definition) is 1. The van der Waals surface area contributed by atoms with Crippen LogP contribution in [0.5, 0.6) is 0 Å². The first-order valence-electron chi connectivity index (χ1n) is 10.2. The van der Waals surface area contributed by atoms with Gasteiger partial charge >= 0.3 is 5.97 Å². The van der Waals surface area contributed by atoms with Gasteiger partial charge in [0.25, 0.3) is 5.91 Å². The molecule has 2 aromatic carbocycles. The molecule has 1 saturated heterocycles. The molecule has 1 heterocycles. The number of carbonyl (C=O) groups excluding carboxylic acids is 3. The molecule has 3 rings (SSSR count). The van der Waals surface area contributed by atoms with Crippen LogP contribution < -0.4 is 10.2 Å². The minimum absolute atomic E-state index is 0.0603. The molecule has 6 nitrogen and oxygen atoms in total. The van der Waals surface area contributed by atoms with E-state index in [1.807, 2.05) is 24.3 Å². The number of unbranched alkanes of at least 4 members (excludes halogenated alkanes) is 1. The Labute approximate surface area is 191 Å². The lowest BCUT2D eigenvalue weighted by Crippen LogP contribution is -2.28. The number of nitrogens with one attached hydrogen (secondary N) is 1. The number of hydrogen-bond acceptors (Lipinski definition) is 4. The molecule has 0 aromatic heterocycles. The van der Waals surface area contributed by atoms with Crippen molar-refractivity contribution in [2.45, 2.75) is 32.6 Å². The monoisotopic (exact) mass is 462 g/mol. The van der Waals surface area contributed by atoms with Gasteiger partial charge in [0.2, 0.25) is 5.91 Å². The number of halogens is 2. The van der Waals surface area contributed by atoms with E-state index in [2.05, 4.69) is 12.2 Å². The zero-order valence-electron chi connectivity index (χ0n) is 17.2. The lowest BCUT2D eigenvalue weighted by Gasteiger charge is -2.17. The molecule has 164 valence electrons. The van der Waals surface area contributed by atoms with E-state index < -0.39 is 24.4 Å². The van der Waals surface area contributed by atoms with Crippen molar-refractivity contribution < 1.29 is 19.1 Å². The summed E-state index contributed by atoms with van der Waals surface area (Å²) in [5, 5.41) is 3.26. The first kappa shape index (κ1) is 23.1. The van der Waals surface area contributed by atoms with E-state index in [1.165, 1.54) is 11.6 Å². The molecule has 0 bridgehead atoms. The number of esters is 1. The second kappa shape index (κ2) is 10.6. The van der Waals surface area contributed by atoms with Gasteiger partial charge in [-0.15, -0.1) is 0 Å². The van der Waals surface area contributed by atoms with Gasteiger partial charge in [0.1, 0.15) is 0 Å². The number of carbonyl (C=O) groups is 3. The van der Waals surface area contributed by atoms with Crippen LogP contribution >= 0.6 is 23.2 Å². The molecular formula is C23H24Cl2N2O4. The van der Waals surface area contributed by atoms with E-state index in [-0.39, 0.29) is 18.9 Å². The van der Waals surface area contributed by atoms with Crippen molar-refractivity contribution in [3.63, 3.8) is 0 Å². The molecule has 31 heavy (non-hydrogen) atoms. The number of rotatable bonds is 8. The van der Waals surface area contributed by atoms with E-state index in [9.17, 15) is 14.4 Å². The molecule has 0 unspecified atom stereocenters. The Morgan fingerprint density at radius 1 is 1.13 bits per heavy atom. The summed E-state index contributed by atoms with van der Waals surface area (Å²) in [5.41, 5.74) is 2.43. The minimum atomic E-state index is -0.606. The van der Waals surface area contributed by atoms with Crippen molar-refractivity contribution >= 4 is 52.4 Å². The van der Waals surface area contributed by atoms with Gasteiger partial charge < -0.3 is 15.0 Å². The fourth-order valence-corrected chi connectivity index (χ4v) is 3.66. The second-order valence-electron chi connectivity index (χ2n) is 7.46. The van der Waals surface area contributed by atoms with Gasteiger partial charge in [0.15, 0.2) is 6.61 Å². The molecule has 2 aromatic rings. The van der Waals surface area contributed by atoms with E-state index in [1.54, 1.807) is 17.0 Å². The third-order valence-electron chi connectivity index (χ3n) is 5.07. The maximum atomic E-state index is 12.4. The van der Waals surface area contributed by atoms with Gasteiger partial charge in [-0.3, -0.25) is 14.4 Å². The van der Waals surface area contributed by atoms with Crippen LogP contribution in [0, 0.1) is 5.92 Å². The van der Waals surface area contributed by atoms with Crippen LogP contribution in [0.2, 0.25) is 10.0 Å². The lowest BCUT2D eigenvalue weighted by molar-refractivity contribution is -0.151. The summed E-state index contributed by atoms with van der Waals surface area (Å²) < 4.78 is 5.12. The zero-order chi connectivity index (χ0) is 22.4. The highest BCUT2D eigenvalue weighted by Crippen LogP contribution is 2.27.